The fourth-order valence-corrected chi connectivity index (χ4v) is 3.56. The van der Waals surface area contributed by atoms with Crippen LogP contribution in [0.2, 0.25) is 0 Å². The molecule has 0 saturated carbocycles. The smallest absolute Gasteiger partial charge is 0.382 e. The molecule has 176 valence electrons. The number of nitrogens with one attached hydrogen (secondary N) is 1. The van der Waals surface area contributed by atoms with Crippen molar-refractivity contribution in [3.05, 3.63) is 41.0 Å². The van der Waals surface area contributed by atoms with Crippen LogP contribution in [0.5, 0.6) is 0 Å². The maximum Gasteiger partial charge on any atom is 0.435 e. The number of carbonyl (C=O) groups excluding carboxylic acids is 1. The number of nitrogens with zero attached hydrogens (tertiary/aromatic N) is 6. The minimum Gasteiger partial charge on any atom is -0.382 e. The van der Waals surface area contributed by atoms with Gasteiger partial charge in [-0.05, 0) is 25.0 Å². The number of amides is 1. The van der Waals surface area contributed by atoms with Gasteiger partial charge in [0.15, 0.2) is 17.2 Å². The maximum absolute atomic E-state index is 13.0. The van der Waals surface area contributed by atoms with Gasteiger partial charge in [0.25, 0.3) is 5.91 Å². The minimum atomic E-state index is -4.73. The predicted octanol–water partition coefficient (Wildman–Crippen LogP) is 2.96. The molecule has 3 N–H and O–H groups in total. The number of aryl methyl sites for hydroxylation is 2. The Kier molecular flexibility index (Phi) is 5.29. The maximum atomic E-state index is 13.0. The molecule has 0 aliphatic carbocycles. The van der Waals surface area contributed by atoms with E-state index in [4.69, 9.17) is 5.73 Å². The molecule has 0 bridgehead atoms. The van der Waals surface area contributed by atoms with Gasteiger partial charge < -0.3 is 11.1 Å². The van der Waals surface area contributed by atoms with E-state index >= 15 is 0 Å². The highest BCUT2D eigenvalue weighted by molar-refractivity contribution is 5.93. The Morgan fingerprint density at radius 1 is 1.06 bits per heavy atom. The lowest BCUT2D eigenvalue weighted by atomic mass is 10.0. The Bertz CT molecular complexity index is 1210. The van der Waals surface area contributed by atoms with Crippen molar-refractivity contribution in [2.75, 3.05) is 5.73 Å². The summed E-state index contributed by atoms with van der Waals surface area (Å²) in [6.45, 7) is 0.427. The quantitative estimate of drug-likeness (QED) is 0.564. The van der Waals surface area contributed by atoms with E-state index in [2.05, 4.69) is 25.7 Å². The van der Waals surface area contributed by atoms with Gasteiger partial charge >= 0.3 is 12.4 Å². The van der Waals surface area contributed by atoms with E-state index in [9.17, 15) is 31.1 Å². The van der Waals surface area contributed by atoms with Gasteiger partial charge in [0.05, 0.1) is 17.4 Å². The Hall–Kier alpha value is -3.65. The highest BCUT2D eigenvalue weighted by Gasteiger charge is 2.36. The van der Waals surface area contributed by atoms with Gasteiger partial charge in [-0.2, -0.15) is 36.5 Å². The average Bonchev–Trinajstić information content (AvgIpc) is 3.31. The third-order valence-electron chi connectivity index (χ3n) is 5.13. The highest BCUT2D eigenvalue weighted by atomic mass is 19.4. The molecule has 0 unspecified atom stereocenters. The number of hydrogen-bond donors (Lipinski definition) is 2. The molecule has 0 fully saturated rings. The van der Waals surface area contributed by atoms with Gasteiger partial charge in [-0.1, -0.05) is 0 Å². The third-order valence-corrected chi connectivity index (χ3v) is 5.13. The van der Waals surface area contributed by atoms with E-state index in [0.717, 1.165) is 10.7 Å². The molecule has 33 heavy (non-hydrogen) atoms. The van der Waals surface area contributed by atoms with E-state index < -0.39 is 35.7 Å². The molecule has 1 atom stereocenters. The molecule has 1 aliphatic rings. The normalized spacial score (nSPS) is 16.5. The van der Waals surface area contributed by atoms with Gasteiger partial charge in [-0.3, -0.25) is 14.2 Å². The highest BCUT2D eigenvalue weighted by Crippen LogP contribution is 2.35. The molecule has 4 rings (SSSR count). The van der Waals surface area contributed by atoms with Gasteiger partial charge in [0, 0.05) is 25.2 Å². The number of halogens is 6. The largest absolute Gasteiger partial charge is 0.435 e. The molecule has 9 nitrogen and oxygen atoms in total. The first-order valence-electron chi connectivity index (χ1n) is 9.55. The molecule has 15 heteroatoms. The molecular weight excluding hydrogens is 458 g/mol. The SMILES string of the molecule is Cn1nc(C(F)(F)F)cc1C(=O)N[C@H]1CCCn2nc(-c3cc(C(F)(F)F)nnc3N)cc21. The van der Waals surface area contributed by atoms with Crippen LogP contribution in [0.25, 0.3) is 11.3 Å². The first-order valence-corrected chi connectivity index (χ1v) is 9.55. The topological polar surface area (TPSA) is 117 Å². The van der Waals surface area contributed by atoms with Crippen LogP contribution in [0, 0.1) is 0 Å². The Morgan fingerprint density at radius 3 is 2.39 bits per heavy atom. The number of nitrogens with two attached hydrogens (primary N) is 1. The van der Waals surface area contributed by atoms with Crippen LogP contribution >= 0.6 is 0 Å². The second-order valence-electron chi connectivity index (χ2n) is 7.41. The summed E-state index contributed by atoms with van der Waals surface area (Å²) in [6.07, 6.45) is -8.43. The lowest BCUT2D eigenvalue weighted by Gasteiger charge is -2.24. The Balaban J connectivity index is 1.63. The molecule has 1 aliphatic heterocycles. The van der Waals surface area contributed by atoms with Crippen LogP contribution in [0.1, 0.15) is 46.5 Å². The summed E-state index contributed by atoms with van der Waals surface area (Å²) in [5.74, 6) is -1.04. The monoisotopic (exact) mass is 474 g/mol. The first kappa shape index (κ1) is 22.5. The summed E-state index contributed by atoms with van der Waals surface area (Å²) in [5.41, 5.74) is 3.46. The molecule has 1 amide bonds. The fourth-order valence-electron chi connectivity index (χ4n) is 3.56. The zero-order valence-electron chi connectivity index (χ0n) is 16.9. The number of rotatable bonds is 3. The zero-order chi connectivity index (χ0) is 24.1. The summed E-state index contributed by atoms with van der Waals surface area (Å²) in [5, 5.41) is 16.6. The Morgan fingerprint density at radius 2 is 1.76 bits per heavy atom. The van der Waals surface area contributed by atoms with Crippen molar-refractivity contribution >= 4 is 11.7 Å². The molecule has 3 aromatic rings. The van der Waals surface area contributed by atoms with E-state index in [-0.39, 0.29) is 22.8 Å². The number of hydrogen-bond acceptors (Lipinski definition) is 6. The van der Waals surface area contributed by atoms with Crippen LogP contribution in [-0.4, -0.2) is 35.7 Å². The second-order valence-corrected chi connectivity index (χ2v) is 7.41. The summed E-state index contributed by atoms with van der Waals surface area (Å²) in [6, 6.07) is 2.19. The molecular formula is C18H16F6N8O. The van der Waals surface area contributed by atoms with Crippen molar-refractivity contribution in [3.63, 3.8) is 0 Å². The van der Waals surface area contributed by atoms with Crippen molar-refractivity contribution in [1.82, 2.24) is 35.1 Å². The van der Waals surface area contributed by atoms with Crippen LogP contribution in [0.15, 0.2) is 18.2 Å². The van der Waals surface area contributed by atoms with Crippen molar-refractivity contribution in [2.24, 2.45) is 7.05 Å². The minimum absolute atomic E-state index is 0.0780. The fraction of sp³-hybridized carbons (Fsp3) is 0.389. The number of carbonyl (C=O) groups is 1. The van der Waals surface area contributed by atoms with E-state index in [1.165, 1.54) is 17.8 Å². The van der Waals surface area contributed by atoms with Crippen LogP contribution < -0.4 is 11.1 Å². The van der Waals surface area contributed by atoms with Crippen molar-refractivity contribution in [3.8, 4) is 11.3 Å². The number of nitrogen functional groups attached to an aromatic ring is 1. The molecule has 4 heterocycles. The first-order chi connectivity index (χ1) is 15.3. The molecule has 0 saturated heterocycles. The van der Waals surface area contributed by atoms with Gasteiger partial charge in [-0.15, -0.1) is 10.2 Å². The van der Waals surface area contributed by atoms with Gasteiger partial charge in [0.2, 0.25) is 0 Å². The van der Waals surface area contributed by atoms with Crippen molar-refractivity contribution < 1.29 is 31.1 Å². The van der Waals surface area contributed by atoms with E-state index in [0.29, 0.717) is 31.1 Å². The Labute approximate surface area is 181 Å². The number of anilines is 1. The summed E-state index contributed by atoms with van der Waals surface area (Å²) in [4.78, 5) is 12.6. The van der Waals surface area contributed by atoms with E-state index in [1.54, 1.807) is 0 Å². The molecule has 0 spiro atoms. The van der Waals surface area contributed by atoms with E-state index in [1.807, 2.05) is 0 Å². The lowest BCUT2D eigenvalue weighted by Crippen LogP contribution is -2.33. The molecule has 0 aromatic carbocycles. The van der Waals surface area contributed by atoms with Gasteiger partial charge in [-0.25, -0.2) is 0 Å². The zero-order valence-corrected chi connectivity index (χ0v) is 16.9. The standard InChI is InChI=1S/C18H16F6N8O/c1-31-12(7-14(30-31)18(22,23)24)16(33)26-9-3-2-4-32-11(9)6-10(29-32)8-5-13(17(19,20)21)27-28-15(8)25/h5-7,9H,2-4H2,1H3,(H2,25,28)(H,26,33)/t9-/m0/s1. The number of alkyl halides is 6. The summed E-state index contributed by atoms with van der Waals surface area (Å²) < 4.78 is 80.1. The predicted molar refractivity (Wildman–Crippen MR) is 100 cm³/mol. The summed E-state index contributed by atoms with van der Waals surface area (Å²) in [7, 11) is 1.21. The third kappa shape index (κ3) is 4.34. The van der Waals surface area contributed by atoms with Crippen LogP contribution in [0.4, 0.5) is 32.2 Å². The van der Waals surface area contributed by atoms with Gasteiger partial charge in [0.1, 0.15) is 5.69 Å². The molecule has 3 aromatic heterocycles. The van der Waals surface area contributed by atoms with Crippen LogP contribution in [-0.2, 0) is 25.9 Å². The molecule has 0 radical (unpaired) electrons. The number of fused-ring (bicyclic) bond motifs is 1. The number of aromatic nitrogens is 6. The van der Waals surface area contributed by atoms with Crippen molar-refractivity contribution in [2.45, 2.75) is 37.8 Å². The average molecular weight is 474 g/mol. The van der Waals surface area contributed by atoms with Crippen LogP contribution in [0.3, 0.4) is 0 Å². The lowest BCUT2D eigenvalue weighted by molar-refractivity contribution is -0.142. The van der Waals surface area contributed by atoms with Crippen molar-refractivity contribution in [1.29, 1.82) is 0 Å². The summed E-state index contributed by atoms with van der Waals surface area (Å²) >= 11 is 0. The second kappa shape index (κ2) is 7.74.